The Kier molecular flexibility index (Phi) is 29.9. The quantitative estimate of drug-likeness (QED) is 0.0463. The van der Waals surface area contributed by atoms with Crippen molar-refractivity contribution in [1.82, 2.24) is 66.3 Å². The molecule has 0 fully saturated rings. The molecule has 12 aromatic carbocycles. The first-order valence-electron chi connectivity index (χ1n) is 46.1. The Morgan fingerprint density at radius 3 is 1.22 bits per heavy atom. The fourth-order valence-corrected chi connectivity index (χ4v) is 23.0. The molecule has 18 aromatic rings. The van der Waals surface area contributed by atoms with Crippen LogP contribution in [0.5, 0.6) is 5.75 Å². The van der Waals surface area contributed by atoms with Crippen molar-refractivity contribution in [2.24, 2.45) is 0 Å². The van der Waals surface area contributed by atoms with E-state index in [0.29, 0.717) is 12.1 Å². The van der Waals surface area contributed by atoms with Gasteiger partial charge in [-0.25, -0.2) is 17.6 Å². The van der Waals surface area contributed by atoms with Crippen LogP contribution < -0.4 is 31.3 Å². The number of hydrogen-bond acceptors (Lipinski definition) is 8. The number of benzene rings is 12. The van der Waals surface area contributed by atoms with Crippen LogP contribution in [0.25, 0.3) is 65.4 Å². The van der Waals surface area contributed by atoms with Crippen LogP contribution in [-0.4, -0.2) is 117 Å². The van der Waals surface area contributed by atoms with E-state index in [0.717, 1.165) is 204 Å². The lowest BCUT2D eigenvalue weighted by Gasteiger charge is -2.38. The van der Waals surface area contributed by atoms with Crippen molar-refractivity contribution < 1.29 is 31.8 Å². The number of H-pyrrole nitrogens is 6. The molecule has 1 amide bonds. The van der Waals surface area contributed by atoms with Crippen LogP contribution >= 0.6 is 122 Å². The Balaban J connectivity index is 0.000000107. The van der Waals surface area contributed by atoms with Crippen molar-refractivity contribution in [2.75, 3.05) is 60.1 Å². The molecule has 0 radical (unpaired) electrons. The van der Waals surface area contributed by atoms with Gasteiger partial charge in [-0.05, 0) is 302 Å². The van der Waals surface area contributed by atoms with Crippen molar-refractivity contribution in [1.29, 1.82) is 0 Å². The molecule has 0 spiro atoms. The van der Waals surface area contributed by atoms with Crippen molar-refractivity contribution in [3.63, 3.8) is 0 Å². The zero-order chi connectivity index (χ0) is 96.6. The fraction of sp³-hybridized carbons (Fsp3) is 0.218. The Bertz CT molecular complexity index is 7520. The van der Waals surface area contributed by atoms with Crippen molar-refractivity contribution in [3.05, 3.63) is 411 Å². The summed E-state index contributed by atoms with van der Waals surface area (Å²) in [6.45, 7) is 9.28. The zero-order valence-corrected chi connectivity index (χ0v) is 86.2. The lowest BCUT2D eigenvalue weighted by Crippen LogP contribution is -2.47. The first-order valence-corrected chi connectivity index (χ1v) is 51.2. The van der Waals surface area contributed by atoms with E-state index >= 15 is 0 Å². The maximum Gasteiger partial charge on any atom is 0.249 e. The Labute approximate surface area is 860 Å². The van der Waals surface area contributed by atoms with Crippen LogP contribution in [0.1, 0.15) is 151 Å². The second-order valence-corrected chi connectivity index (χ2v) is 41.3. The van der Waals surface area contributed by atoms with E-state index in [2.05, 4.69) is 218 Å². The van der Waals surface area contributed by atoms with E-state index in [-0.39, 0.29) is 66.4 Å². The molecule has 6 atom stereocenters. The van der Waals surface area contributed by atoms with Crippen LogP contribution in [0.2, 0.25) is 20.1 Å². The lowest BCUT2D eigenvalue weighted by atomic mass is 9.92. The van der Waals surface area contributed by atoms with Gasteiger partial charge in [-0.3, -0.25) is 4.79 Å². The third-order valence-electron chi connectivity index (χ3n) is 26.5. The molecular weight excluding hydrogens is 2120 g/mol. The van der Waals surface area contributed by atoms with Crippen molar-refractivity contribution in [3.8, 4) is 5.75 Å². The molecule has 6 aliphatic heterocycles. The molecule has 0 saturated heterocycles. The molecule has 6 aromatic heterocycles. The number of methoxy groups -OCH3 is 2. The van der Waals surface area contributed by atoms with Gasteiger partial charge >= 0.3 is 0 Å². The van der Waals surface area contributed by atoms with E-state index in [4.69, 9.17) is 68.1 Å². The van der Waals surface area contributed by atoms with Gasteiger partial charge in [-0.2, -0.15) is 0 Å². The van der Waals surface area contributed by atoms with Gasteiger partial charge in [0.25, 0.3) is 0 Å². The van der Waals surface area contributed by atoms with Crippen molar-refractivity contribution >= 4 is 199 Å². The molecule has 0 bridgehead atoms. The van der Waals surface area contributed by atoms with E-state index in [9.17, 15) is 22.4 Å². The van der Waals surface area contributed by atoms with E-state index in [1.807, 2.05) is 126 Å². The van der Waals surface area contributed by atoms with Crippen LogP contribution in [-0.2, 0) is 48.1 Å². The van der Waals surface area contributed by atoms with Crippen LogP contribution in [0.3, 0.4) is 0 Å². The number of nitrogens with zero attached hydrogens (tertiary/aromatic N) is 2. The average Bonchev–Trinajstić information content (AvgIpc) is 1.61. The summed E-state index contributed by atoms with van der Waals surface area (Å²) in [7, 11) is 3.20. The number of aromatic nitrogens is 6. The van der Waals surface area contributed by atoms with Gasteiger partial charge in [0, 0.05) is 196 Å². The fourth-order valence-electron chi connectivity index (χ4n) is 20.4. The predicted molar refractivity (Wildman–Crippen MR) is 572 cm³/mol. The standard InChI is InChI=1S/C21H21BrClN3S.C21H21BrN2O3.C17H14BrClN2.C17H13BrF2N2.2C17H14ClFN2/c1-12(2)24-21(27)26-9-8-16-17-11-14(22)6-7-18(17)25-19(16)20(26)13-4-3-5-15(23)10-13;1-26-12-19(25)24-10-9-16-17-11-14(22)5-8-18(17)23-20(16)21(24)13-3-6-15(27-2)7-4-13;18-11-3-1-2-10(8-11)16-17-13(6-7-20-16)14-9-12(19)4-5-15(14)21-17;18-10-2-4-15-12(8-10)11-5-6-21-16(17(11)22-15)9-1-3-13(19)14(20)7-9;18-11-4-5-15-14(9-11)13-6-7-20-16(17(13)21-15)10-2-1-3-12(19)8-10;18-10-5-6-15-13(9-10)11-7-8-20-16(17(11)21-15)12-3-1-2-4-14(12)19/h3-7,10-12,20,25H,8-9H2,1-2H3,(H,24,27);3-8,11,21,23H,9-10,12H2,1-2H3;1-5,8-9,16,20-21H,6-7H2;1-4,7-8,16,21-22H,5-6H2;1-5,8-9,16,20-21H,6-7H2;1-6,9,16,20-21H,7-8H2. The molecular formula is C110H97Br4Cl4F4N13O3S. The number of thiocarbonyl (C=S) groups is 1. The molecule has 0 aliphatic carbocycles. The van der Waals surface area contributed by atoms with E-state index in [1.54, 1.807) is 38.5 Å². The summed E-state index contributed by atoms with van der Waals surface area (Å²) >= 11 is 44.7. The molecule has 29 heteroatoms. The molecule has 6 aliphatic rings. The number of hydrogen-bond donors (Lipinski definition) is 11. The third-order valence-corrected chi connectivity index (χ3v) is 29.8. The first-order chi connectivity index (χ1) is 67.4. The monoisotopic (exact) mass is 2210 g/mol. The minimum Gasteiger partial charge on any atom is -0.497 e. The summed E-state index contributed by atoms with van der Waals surface area (Å²) in [6.07, 6.45) is 5.56. The molecule has 0 saturated carbocycles. The maximum absolute atomic E-state index is 14.1. The van der Waals surface area contributed by atoms with Crippen LogP contribution in [0.15, 0.2) is 267 Å². The summed E-state index contributed by atoms with van der Waals surface area (Å²) in [5.41, 5.74) is 26.9. The molecule has 11 N–H and O–H groups in total. The topological polar surface area (TPSA) is 197 Å². The Morgan fingerprint density at radius 2 is 0.770 bits per heavy atom. The van der Waals surface area contributed by atoms with Gasteiger partial charge in [-0.1, -0.05) is 183 Å². The Hall–Kier alpha value is -10.6. The number of nitrogens with one attached hydrogen (secondary N) is 11. The number of carbonyl (C=O) groups is 1. The van der Waals surface area contributed by atoms with Gasteiger partial charge < -0.3 is 75.8 Å². The number of ether oxygens (including phenoxy) is 2. The highest BCUT2D eigenvalue weighted by atomic mass is 79.9. The highest BCUT2D eigenvalue weighted by molar-refractivity contribution is 9.11. The minimum absolute atomic E-state index is 0.00405. The number of fused-ring (bicyclic) bond motifs is 18. The van der Waals surface area contributed by atoms with E-state index in [1.165, 1.54) is 102 Å². The second-order valence-electron chi connectivity index (χ2n) is 35.5. The van der Waals surface area contributed by atoms with E-state index < -0.39 is 11.6 Å². The number of aromatic amines is 6. The maximum atomic E-state index is 14.1. The summed E-state index contributed by atoms with van der Waals surface area (Å²) < 4.78 is 69.0. The highest BCUT2D eigenvalue weighted by Crippen LogP contribution is 2.46. The van der Waals surface area contributed by atoms with Crippen molar-refractivity contribution in [2.45, 2.75) is 94.7 Å². The van der Waals surface area contributed by atoms with Gasteiger partial charge in [-0.15, -0.1) is 0 Å². The molecule has 24 rings (SSSR count). The van der Waals surface area contributed by atoms with Crippen LogP contribution in [0.4, 0.5) is 17.6 Å². The zero-order valence-electron chi connectivity index (χ0n) is 76.0. The average molecular weight is 2220 g/mol. The van der Waals surface area contributed by atoms with Crippen LogP contribution in [0, 0.1) is 23.3 Å². The molecule has 6 unspecified atom stereocenters. The Morgan fingerprint density at radius 1 is 0.381 bits per heavy atom. The SMILES string of the molecule is CC(C)NC(=S)N1CCc2c([nH]c3ccc(Br)cc23)C1c1cccc(Cl)c1.COCC(=O)N1CCc2c([nH]c3ccc(Br)cc23)C1c1ccc(OC)cc1.Clc1ccc2[nH]c3c(c2c1)CCNC3c1cccc(Br)c1.Fc1ccc(C2NCCc3c2[nH]c2ccc(Br)cc32)cc1F.Fc1cccc(C2NCCc3c2[nH]c2ccc(Cl)cc32)c1.Fc1ccccc1C1NCCc2c1[nH]c1ccc(Cl)cc21. The highest BCUT2D eigenvalue weighted by Gasteiger charge is 2.38. The lowest BCUT2D eigenvalue weighted by molar-refractivity contribution is -0.137. The number of halogens is 12. The summed E-state index contributed by atoms with van der Waals surface area (Å²) in [5, 5.41) is 28.3. The third kappa shape index (κ3) is 20.8. The number of rotatable bonds is 10. The summed E-state index contributed by atoms with van der Waals surface area (Å²) in [5.74, 6) is -1.24. The summed E-state index contributed by atoms with van der Waals surface area (Å²) in [4.78, 5) is 38.0. The van der Waals surface area contributed by atoms with Gasteiger partial charge in [0.2, 0.25) is 5.91 Å². The molecule has 710 valence electrons. The normalized spacial score (nSPS) is 17.3. The minimum atomic E-state index is -0.819. The largest absolute Gasteiger partial charge is 0.497 e. The molecule has 12 heterocycles. The predicted octanol–water partition coefficient (Wildman–Crippen LogP) is 27.5. The van der Waals surface area contributed by atoms with Gasteiger partial charge in [0.05, 0.1) is 43.4 Å². The number of amides is 1. The van der Waals surface area contributed by atoms with Gasteiger partial charge in [0.1, 0.15) is 24.0 Å². The molecule has 139 heavy (non-hydrogen) atoms. The smallest absolute Gasteiger partial charge is 0.249 e. The first kappa shape index (κ1) is 97.3. The molecule has 16 nitrogen and oxygen atoms in total. The second kappa shape index (κ2) is 42.7. The van der Waals surface area contributed by atoms with Gasteiger partial charge in [0.15, 0.2) is 16.7 Å². The summed E-state index contributed by atoms with van der Waals surface area (Å²) in [6, 6.07) is 78.8. The number of carbonyl (C=O) groups excluding carboxylic acids is 1.